The van der Waals surface area contributed by atoms with Crippen molar-refractivity contribution in [3.63, 3.8) is 0 Å². The smallest absolute Gasteiger partial charge is 0.383 e. The van der Waals surface area contributed by atoms with Crippen LogP contribution >= 0.6 is 0 Å². The van der Waals surface area contributed by atoms with Crippen LogP contribution in [-0.4, -0.2) is 102 Å². The third-order valence-corrected chi connectivity index (χ3v) is 12.9. The molecule has 0 saturated heterocycles. The zero-order valence-corrected chi connectivity index (χ0v) is 43.0. The Morgan fingerprint density at radius 3 is 0.493 bits per heavy atom. The Labute approximate surface area is 444 Å². The second-order valence-corrected chi connectivity index (χ2v) is 17.9. The van der Waals surface area contributed by atoms with E-state index >= 15 is 0 Å². The van der Waals surface area contributed by atoms with Crippen LogP contribution in [0.2, 0.25) is 0 Å². The second-order valence-electron chi connectivity index (χ2n) is 17.9. The molecular weight excluding hydrogens is 986 g/mol. The Bertz CT molecular complexity index is 3170. The van der Waals surface area contributed by atoms with Crippen molar-refractivity contribution >= 4 is 14.2 Å². The molecule has 0 saturated carbocycles. The van der Waals surface area contributed by atoms with E-state index in [1.54, 1.807) is 0 Å². The van der Waals surface area contributed by atoms with E-state index in [1.807, 2.05) is 251 Å². The maximum atomic E-state index is 4.94. The number of hydrogen-bond acceptors (Lipinski definition) is 12. The molecule has 18 nitrogen and oxygen atoms in total. The molecule has 0 aliphatic rings. The standard InChI is InChI=1S/2C27H25BN9.Cu/c2*1-19-29-25(22-13-7-4-8-14-22)32-35(19)28(36-20(2)30-26(33-36)23-15-9-5-10-16-23)37-21(3)31-27(34-37)24-17-11-6-12-18-24;/h2*4-18,28H,1-3H3;/q2*-1;+2. The van der Waals surface area contributed by atoms with Crippen LogP contribution in [0.15, 0.2) is 182 Å². The first-order valence-electron chi connectivity index (χ1n) is 24.4. The summed E-state index contributed by atoms with van der Waals surface area (Å²) in [6.07, 6.45) is 0. The van der Waals surface area contributed by atoms with Crippen LogP contribution in [-0.2, 0) is 17.1 Å². The predicted octanol–water partition coefficient (Wildman–Crippen LogP) is 8.10. The SMILES string of the molecule is Cc1nc(-c2ccccc2)nn1[BH-](n1nc(-c2ccccc2)nc1C)n1nc(-c2ccccc2)nc1C.Cc1nc(-c2ccccc2)nn1[BH-](n1nc(-c2ccccc2)nc1C)n1nc(-c2ccccc2)nc1C.[Cu+2]. The van der Waals surface area contributed by atoms with E-state index in [2.05, 4.69) is 0 Å². The summed E-state index contributed by atoms with van der Waals surface area (Å²) in [5, 5.41) is 29.7. The van der Waals surface area contributed by atoms with Gasteiger partial charge in [0, 0.05) is 33.4 Å². The third kappa shape index (κ3) is 10.1. The van der Waals surface area contributed by atoms with Crippen LogP contribution in [0.3, 0.4) is 0 Å². The van der Waals surface area contributed by atoms with E-state index in [9.17, 15) is 0 Å². The number of hydrogen-bond donors (Lipinski definition) is 0. The van der Waals surface area contributed by atoms with Crippen LogP contribution in [0, 0.1) is 41.5 Å². The van der Waals surface area contributed by atoms with Gasteiger partial charge in [0.25, 0.3) is 0 Å². The summed E-state index contributed by atoms with van der Waals surface area (Å²) in [6.45, 7) is 11.7. The minimum atomic E-state index is -1.74. The second kappa shape index (κ2) is 21.5. The monoisotopic (exact) mass is 1040 g/mol. The van der Waals surface area contributed by atoms with Crippen molar-refractivity contribution in [1.29, 1.82) is 0 Å². The fourth-order valence-corrected chi connectivity index (χ4v) is 9.15. The van der Waals surface area contributed by atoms with Gasteiger partial charge in [-0.1, -0.05) is 182 Å². The first-order valence-corrected chi connectivity index (χ1v) is 24.4. The van der Waals surface area contributed by atoms with Crippen molar-refractivity contribution in [1.82, 2.24) is 88.1 Å². The van der Waals surface area contributed by atoms with E-state index in [0.717, 1.165) is 68.3 Å². The van der Waals surface area contributed by atoms with Gasteiger partial charge >= 0.3 is 31.3 Å². The minimum Gasteiger partial charge on any atom is -0.383 e. The van der Waals surface area contributed by atoms with Gasteiger partial charge < -0.3 is 27.6 Å². The van der Waals surface area contributed by atoms with Crippen molar-refractivity contribution in [3.8, 4) is 68.3 Å². The van der Waals surface area contributed by atoms with Gasteiger partial charge in [0.15, 0.2) is 34.9 Å². The Balaban J connectivity index is 0.000000169. The Morgan fingerprint density at radius 1 is 0.227 bits per heavy atom. The summed E-state index contributed by atoms with van der Waals surface area (Å²) in [7, 11) is -3.48. The van der Waals surface area contributed by atoms with Crippen molar-refractivity contribution in [2.24, 2.45) is 0 Å². The molecule has 1 radical (unpaired) electrons. The zero-order chi connectivity index (χ0) is 50.7. The third-order valence-electron chi connectivity index (χ3n) is 12.9. The maximum absolute atomic E-state index is 4.94. The van der Waals surface area contributed by atoms with E-state index in [4.69, 9.17) is 60.5 Å². The molecule has 6 aromatic carbocycles. The number of aryl methyl sites for hydroxylation is 6. The number of benzene rings is 6. The number of nitrogens with zero attached hydrogens (tertiary/aromatic N) is 18. The van der Waals surface area contributed by atoms with Crippen LogP contribution in [0.25, 0.3) is 68.3 Å². The van der Waals surface area contributed by atoms with Crippen LogP contribution in [0.4, 0.5) is 0 Å². The summed E-state index contributed by atoms with van der Waals surface area (Å²) in [5.74, 6) is 8.44. The molecular formula is C54H50B2CuN18. The van der Waals surface area contributed by atoms with Gasteiger partial charge in [-0.05, 0) is 41.5 Å². The molecule has 0 fully saturated rings. The first-order chi connectivity index (χ1) is 36.2. The molecule has 6 heterocycles. The zero-order valence-electron chi connectivity index (χ0n) is 42.1. The summed E-state index contributed by atoms with van der Waals surface area (Å²) in [6, 6.07) is 59.8. The van der Waals surface area contributed by atoms with Crippen molar-refractivity contribution in [3.05, 3.63) is 217 Å². The quantitative estimate of drug-likeness (QED) is 0.107. The molecule has 0 unspecified atom stereocenters. The predicted molar refractivity (Wildman–Crippen MR) is 288 cm³/mol. The van der Waals surface area contributed by atoms with Crippen molar-refractivity contribution in [2.45, 2.75) is 41.5 Å². The molecule has 0 N–H and O–H groups in total. The van der Waals surface area contributed by atoms with Gasteiger partial charge in [-0.15, -0.1) is 0 Å². The molecule has 21 heteroatoms. The number of rotatable bonds is 12. The molecule has 0 aliphatic carbocycles. The van der Waals surface area contributed by atoms with Crippen molar-refractivity contribution < 1.29 is 17.1 Å². The summed E-state index contributed by atoms with van der Waals surface area (Å²) < 4.78 is 11.5. The molecule has 0 atom stereocenters. The molecule has 12 rings (SSSR count). The average molecular weight is 1040 g/mol. The first kappa shape index (κ1) is 49.4. The van der Waals surface area contributed by atoms with E-state index in [1.165, 1.54) is 0 Å². The van der Waals surface area contributed by atoms with Gasteiger partial charge in [-0.2, -0.15) is 30.6 Å². The fraction of sp³-hybridized carbons (Fsp3) is 0.111. The van der Waals surface area contributed by atoms with Gasteiger partial charge in [0.1, 0.15) is 0 Å². The van der Waals surface area contributed by atoms with E-state index in [-0.39, 0.29) is 17.1 Å². The average Bonchev–Trinajstić information content (AvgIpc) is 4.33. The molecule has 0 bridgehead atoms. The van der Waals surface area contributed by atoms with Gasteiger partial charge in [-0.25, -0.2) is 29.9 Å². The Hall–Kier alpha value is -9.19. The van der Waals surface area contributed by atoms with Crippen LogP contribution < -0.4 is 0 Å². The molecule has 6 aromatic heterocycles. The molecule has 0 amide bonds. The van der Waals surface area contributed by atoms with Crippen LogP contribution in [0.5, 0.6) is 0 Å². The Kier molecular flexibility index (Phi) is 14.2. The largest absolute Gasteiger partial charge is 2.00 e. The normalized spacial score (nSPS) is 11.2. The Morgan fingerprint density at radius 2 is 0.360 bits per heavy atom. The van der Waals surface area contributed by atoms with Gasteiger partial charge in [-0.3, -0.25) is 0 Å². The van der Waals surface area contributed by atoms with E-state index in [0.29, 0.717) is 34.9 Å². The van der Waals surface area contributed by atoms with Gasteiger partial charge in [0.05, 0.1) is 34.9 Å². The molecule has 373 valence electrons. The maximum Gasteiger partial charge on any atom is 2.00 e. The summed E-state index contributed by atoms with van der Waals surface area (Å²) in [5.41, 5.74) is 5.68. The van der Waals surface area contributed by atoms with Gasteiger partial charge in [0.2, 0.25) is 0 Å². The topological polar surface area (TPSA) is 184 Å². The summed E-state index contributed by atoms with van der Waals surface area (Å²) in [4.78, 5) is 28.8. The number of aromatic nitrogens is 18. The molecule has 0 aliphatic heterocycles. The minimum absolute atomic E-state index is 0. The molecule has 0 spiro atoms. The van der Waals surface area contributed by atoms with Crippen LogP contribution in [0.1, 0.15) is 34.9 Å². The summed E-state index contributed by atoms with van der Waals surface area (Å²) >= 11 is 0. The van der Waals surface area contributed by atoms with Crippen molar-refractivity contribution in [2.75, 3.05) is 0 Å². The molecule has 75 heavy (non-hydrogen) atoms. The fourth-order valence-electron chi connectivity index (χ4n) is 9.15. The molecule has 12 aromatic rings. The van der Waals surface area contributed by atoms with E-state index < -0.39 is 14.2 Å².